The number of aromatic amines is 1. The summed E-state index contributed by atoms with van der Waals surface area (Å²) in [5.41, 5.74) is 9.02. The van der Waals surface area contributed by atoms with E-state index in [9.17, 15) is 14.0 Å². The van der Waals surface area contributed by atoms with E-state index in [0.717, 1.165) is 75.8 Å². The fourth-order valence-corrected chi connectivity index (χ4v) is 6.25. The molecule has 1 saturated carbocycles. The number of unbranched alkanes of at least 4 members (excludes halogenated alkanes) is 2. The molecule has 2 heterocycles. The Morgan fingerprint density at radius 2 is 1.93 bits per heavy atom. The number of aromatic nitrogens is 2. The number of hydrogen-bond donors (Lipinski definition) is 3. The normalized spacial score (nSPS) is 19.2. The molecule has 2 fully saturated rings. The summed E-state index contributed by atoms with van der Waals surface area (Å²) in [6, 6.07) is 5.87. The molecule has 1 spiro atoms. The number of piperidine rings is 1. The molecule has 4 N–H and O–H groups in total. The van der Waals surface area contributed by atoms with Gasteiger partial charge < -0.3 is 20.9 Å². The van der Waals surface area contributed by atoms with Crippen LogP contribution < -0.4 is 11.1 Å². The second-order valence-corrected chi connectivity index (χ2v) is 12.1. The summed E-state index contributed by atoms with van der Waals surface area (Å²) in [7, 11) is 0. The van der Waals surface area contributed by atoms with Crippen molar-refractivity contribution in [1.82, 2.24) is 20.2 Å². The molecule has 43 heavy (non-hydrogen) atoms. The molecule has 234 valence electrons. The van der Waals surface area contributed by atoms with Crippen LogP contribution in [0.5, 0.6) is 0 Å². The van der Waals surface area contributed by atoms with E-state index in [0.29, 0.717) is 42.9 Å². The maximum Gasteiger partial charge on any atom is 0.224 e. The molecule has 1 aliphatic carbocycles. The third kappa shape index (κ3) is 8.40. The largest absolute Gasteiger partial charge is 0.404 e. The maximum atomic E-state index is 13.8. The minimum atomic E-state index is -0.325. The Morgan fingerprint density at radius 1 is 1.19 bits per heavy atom. The van der Waals surface area contributed by atoms with Gasteiger partial charge in [0, 0.05) is 48.9 Å². The highest BCUT2D eigenvalue weighted by molar-refractivity contribution is 6.09. The number of nitrogens with two attached hydrogens (primary N) is 1. The molecular formula is C34H49FN6O2. The predicted molar refractivity (Wildman–Crippen MR) is 171 cm³/mol. The van der Waals surface area contributed by atoms with Crippen LogP contribution in [0.25, 0.3) is 17.0 Å². The Morgan fingerprint density at radius 3 is 2.58 bits per heavy atom. The van der Waals surface area contributed by atoms with Crippen LogP contribution in [-0.2, 0) is 9.59 Å². The molecular weight excluding hydrogens is 543 g/mol. The molecule has 1 aromatic carbocycles. The minimum absolute atomic E-state index is 0.0229. The highest BCUT2D eigenvalue weighted by Gasteiger charge is 2.58. The first kappa shape index (κ1) is 32.6. The van der Waals surface area contributed by atoms with E-state index < -0.39 is 0 Å². The van der Waals surface area contributed by atoms with Crippen molar-refractivity contribution in [1.29, 1.82) is 0 Å². The van der Waals surface area contributed by atoms with E-state index in [2.05, 4.69) is 34.0 Å². The molecule has 1 unspecified atom stereocenters. The van der Waals surface area contributed by atoms with Gasteiger partial charge in [-0.2, -0.15) is 0 Å². The Kier molecular flexibility index (Phi) is 11.7. The molecule has 1 amide bonds. The maximum absolute atomic E-state index is 13.8. The van der Waals surface area contributed by atoms with Gasteiger partial charge in [-0.25, -0.2) is 9.37 Å². The van der Waals surface area contributed by atoms with Crippen LogP contribution in [0.15, 0.2) is 35.5 Å². The van der Waals surface area contributed by atoms with Crippen LogP contribution in [0, 0.1) is 17.2 Å². The van der Waals surface area contributed by atoms with Crippen LogP contribution in [0.3, 0.4) is 0 Å². The van der Waals surface area contributed by atoms with Gasteiger partial charge in [-0.3, -0.25) is 14.6 Å². The van der Waals surface area contributed by atoms with Gasteiger partial charge >= 0.3 is 0 Å². The van der Waals surface area contributed by atoms with Gasteiger partial charge in [0.05, 0.1) is 17.4 Å². The number of amides is 1. The predicted octanol–water partition coefficient (Wildman–Crippen LogP) is 6.21. The third-order valence-corrected chi connectivity index (χ3v) is 9.20. The van der Waals surface area contributed by atoms with Crippen molar-refractivity contribution in [2.24, 2.45) is 22.1 Å². The zero-order valence-corrected chi connectivity index (χ0v) is 26.1. The number of aliphatic imine (C=N–C) groups is 1. The van der Waals surface area contributed by atoms with Crippen molar-refractivity contribution in [2.45, 2.75) is 91.0 Å². The number of allylic oxidation sites excluding steroid dienone is 1. The van der Waals surface area contributed by atoms with E-state index in [1.165, 1.54) is 18.3 Å². The lowest BCUT2D eigenvalue weighted by Crippen LogP contribution is -2.37. The number of hydrogen-bond acceptors (Lipinski definition) is 6. The highest BCUT2D eigenvalue weighted by atomic mass is 19.1. The lowest BCUT2D eigenvalue weighted by Gasteiger charge is -2.32. The van der Waals surface area contributed by atoms with E-state index in [1.54, 1.807) is 18.3 Å². The Hall–Kier alpha value is -3.33. The Bertz CT molecular complexity index is 1280. The van der Waals surface area contributed by atoms with Gasteiger partial charge in [0.15, 0.2) is 0 Å². The number of imidazole rings is 1. The van der Waals surface area contributed by atoms with Gasteiger partial charge in [0.2, 0.25) is 5.91 Å². The molecule has 8 nitrogen and oxygen atoms in total. The molecule has 9 heteroatoms. The summed E-state index contributed by atoms with van der Waals surface area (Å²) in [4.78, 5) is 41.0. The number of benzene rings is 1. The molecule has 0 bridgehead atoms. The first-order valence-electron chi connectivity index (χ1n) is 16.2. The number of carbonyl (C=O) groups is 2. The van der Waals surface area contributed by atoms with Crippen molar-refractivity contribution in [3.8, 4) is 11.4 Å². The molecule has 2 aromatic rings. The number of rotatable bonds is 16. The molecule has 4 rings (SSSR count). The van der Waals surface area contributed by atoms with Gasteiger partial charge in [-0.15, -0.1) is 0 Å². The first-order chi connectivity index (χ1) is 20.8. The second-order valence-electron chi connectivity index (χ2n) is 12.1. The molecule has 1 saturated heterocycles. The number of nitrogens with zero attached hydrogens (tertiary/aromatic N) is 3. The zero-order chi connectivity index (χ0) is 30.8. The summed E-state index contributed by atoms with van der Waals surface area (Å²) in [5.74, 6) is 0.658. The monoisotopic (exact) mass is 592 g/mol. The van der Waals surface area contributed by atoms with E-state index in [1.807, 2.05) is 6.92 Å². The average molecular weight is 593 g/mol. The molecule has 1 aliphatic heterocycles. The van der Waals surface area contributed by atoms with E-state index >= 15 is 0 Å². The van der Waals surface area contributed by atoms with Crippen molar-refractivity contribution in [3.05, 3.63) is 47.7 Å². The quantitative estimate of drug-likeness (QED) is 0.158. The minimum Gasteiger partial charge on any atom is -0.404 e. The van der Waals surface area contributed by atoms with Crippen LogP contribution in [0.4, 0.5) is 4.39 Å². The highest BCUT2D eigenvalue weighted by Crippen LogP contribution is 2.59. The van der Waals surface area contributed by atoms with Crippen molar-refractivity contribution in [3.63, 3.8) is 0 Å². The third-order valence-electron chi connectivity index (χ3n) is 9.20. The fourth-order valence-electron chi connectivity index (χ4n) is 6.25. The Labute approximate surface area is 255 Å². The average Bonchev–Trinajstić information content (AvgIpc) is 3.54. The number of nitrogens with one attached hydrogen (secondary N) is 2. The zero-order valence-electron chi connectivity index (χ0n) is 26.1. The number of carbonyl (C=O) groups excluding carboxylic acids is 2. The fraction of sp³-hybridized carbons (Fsp3) is 0.588. The molecule has 2 aliphatic rings. The summed E-state index contributed by atoms with van der Waals surface area (Å²) in [5, 5.41) is 3.40. The summed E-state index contributed by atoms with van der Waals surface area (Å²) < 4.78 is 13.7. The standard InChI is InChI=1S/C34H49FN6O2/c1-4-18-37-23-25(22-36)30-31(40-32(39-30)24-12-14-26(35)15-13-24)29(11-9-7-8-10-27(42)5-2)38-33(43)28-21-34(28)16-19-41(6-3)20-17-34/h12-15,22-23,28-29H,4-11,16-21,36H2,1-3H3,(H,38,43)(H,39,40)/b25-22+,37-23?/t28?,29-/m0/s1. The van der Waals surface area contributed by atoms with Gasteiger partial charge in [0.1, 0.15) is 17.4 Å². The molecule has 0 radical (unpaired) electrons. The lowest BCUT2D eigenvalue weighted by molar-refractivity contribution is -0.124. The number of halogens is 1. The second kappa shape index (κ2) is 15.4. The van der Waals surface area contributed by atoms with E-state index in [4.69, 9.17) is 10.7 Å². The van der Waals surface area contributed by atoms with Crippen LogP contribution in [0.2, 0.25) is 0 Å². The molecule has 1 aromatic heterocycles. The summed E-state index contributed by atoms with van der Waals surface area (Å²) >= 11 is 0. The lowest BCUT2D eigenvalue weighted by atomic mass is 9.90. The number of H-pyrrole nitrogens is 1. The van der Waals surface area contributed by atoms with Crippen molar-refractivity contribution < 1.29 is 14.0 Å². The van der Waals surface area contributed by atoms with Gasteiger partial charge in [-0.1, -0.05) is 33.6 Å². The number of ketones is 1. The van der Waals surface area contributed by atoms with E-state index in [-0.39, 0.29) is 34.9 Å². The van der Waals surface area contributed by atoms with Crippen molar-refractivity contribution >= 4 is 23.5 Å². The van der Waals surface area contributed by atoms with Crippen LogP contribution in [0.1, 0.15) is 102 Å². The van der Waals surface area contributed by atoms with Crippen molar-refractivity contribution in [2.75, 3.05) is 26.2 Å². The topological polar surface area (TPSA) is 116 Å². The number of Topliss-reactive ketones (excluding diaryl/α,β-unsaturated/α-hetero) is 1. The van der Waals surface area contributed by atoms with Gasteiger partial charge in [0.25, 0.3) is 0 Å². The summed E-state index contributed by atoms with van der Waals surface area (Å²) in [6.45, 7) is 9.97. The van der Waals surface area contributed by atoms with Crippen LogP contribution >= 0.6 is 0 Å². The van der Waals surface area contributed by atoms with Crippen LogP contribution in [-0.4, -0.2) is 59.0 Å². The first-order valence-corrected chi connectivity index (χ1v) is 16.2. The number of likely N-dealkylation sites (tertiary alicyclic amines) is 1. The SMILES string of the molecule is CCCN=C/C(=C\N)c1nc(-c2ccc(F)cc2)[nH]c1[C@H](CCCCCC(=O)CC)NC(=O)C1CC12CCN(CC)CC2. The summed E-state index contributed by atoms with van der Waals surface area (Å²) in [6.07, 6.45) is 11.6. The smallest absolute Gasteiger partial charge is 0.224 e. The Balaban J connectivity index is 1.61. The molecule has 2 atom stereocenters. The van der Waals surface area contributed by atoms with Gasteiger partial charge in [-0.05, 0) is 87.8 Å².